The van der Waals surface area contributed by atoms with Gasteiger partial charge in [-0.05, 0) is 30.9 Å². The summed E-state index contributed by atoms with van der Waals surface area (Å²) in [6.07, 6.45) is 2.73. The summed E-state index contributed by atoms with van der Waals surface area (Å²) >= 11 is 0. The molecule has 2 aromatic carbocycles. The van der Waals surface area contributed by atoms with Gasteiger partial charge in [-0.25, -0.2) is 5.43 Å². The van der Waals surface area contributed by atoms with Crippen molar-refractivity contribution in [2.45, 2.75) is 19.3 Å². The van der Waals surface area contributed by atoms with Gasteiger partial charge in [-0.2, -0.15) is 5.10 Å². The molecule has 0 radical (unpaired) electrons. The zero-order valence-corrected chi connectivity index (χ0v) is 12.4. The summed E-state index contributed by atoms with van der Waals surface area (Å²) in [5, 5.41) is 15.2. The second-order valence-electron chi connectivity index (χ2n) is 5.28. The molecule has 0 unspecified atom stereocenters. The molecule has 6 heteroatoms. The summed E-state index contributed by atoms with van der Waals surface area (Å²) in [5.41, 5.74) is 5.27. The first-order valence-corrected chi connectivity index (χ1v) is 7.35. The van der Waals surface area contributed by atoms with Gasteiger partial charge in [0.25, 0.3) is 11.6 Å². The number of para-hydroxylation sites is 1. The lowest BCUT2D eigenvalue weighted by Gasteiger charge is -2.17. The summed E-state index contributed by atoms with van der Waals surface area (Å²) in [6.45, 7) is 0. The largest absolute Gasteiger partial charge is 0.282 e. The van der Waals surface area contributed by atoms with E-state index in [-0.39, 0.29) is 11.3 Å². The molecule has 0 saturated carbocycles. The number of carbonyl (C=O) groups is 1. The number of nitrogens with one attached hydrogen (secondary N) is 1. The number of hydrazone groups is 1. The fraction of sp³-hybridized carbons (Fsp3) is 0.176. The number of nitrogens with zero attached hydrogens (tertiary/aromatic N) is 2. The van der Waals surface area contributed by atoms with Crippen molar-refractivity contribution >= 4 is 17.3 Å². The minimum Gasteiger partial charge on any atom is -0.267 e. The molecular weight excluding hydrogens is 294 g/mol. The Morgan fingerprint density at radius 3 is 2.65 bits per heavy atom. The maximum Gasteiger partial charge on any atom is 0.282 e. The SMILES string of the molecule is O=C(N/N=C1\CCCc2ccccc21)c1ccccc1[N+](=O)[O-]. The van der Waals surface area contributed by atoms with Crippen LogP contribution in [0.4, 0.5) is 5.69 Å². The molecular formula is C17H15N3O3. The van der Waals surface area contributed by atoms with Gasteiger partial charge in [0.15, 0.2) is 0 Å². The molecule has 1 aliphatic rings. The van der Waals surface area contributed by atoms with Crippen molar-refractivity contribution in [3.05, 3.63) is 75.3 Å². The van der Waals surface area contributed by atoms with E-state index in [2.05, 4.69) is 10.5 Å². The van der Waals surface area contributed by atoms with Crippen LogP contribution in [0.25, 0.3) is 0 Å². The van der Waals surface area contributed by atoms with Crippen molar-refractivity contribution in [2.75, 3.05) is 0 Å². The van der Waals surface area contributed by atoms with E-state index in [1.807, 2.05) is 24.3 Å². The molecule has 0 saturated heterocycles. The predicted molar refractivity (Wildman–Crippen MR) is 86.5 cm³/mol. The maximum atomic E-state index is 12.2. The van der Waals surface area contributed by atoms with Crippen LogP contribution in [0, 0.1) is 10.1 Å². The van der Waals surface area contributed by atoms with E-state index < -0.39 is 10.8 Å². The average molecular weight is 309 g/mol. The van der Waals surface area contributed by atoms with Gasteiger partial charge in [0.2, 0.25) is 0 Å². The van der Waals surface area contributed by atoms with E-state index >= 15 is 0 Å². The molecule has 0 spiro atoms. The Labute approximate surface area is 133 Å². The predicted octanol–water partition coefficient (Wildman–Crippen LogP) is 3.07. The van der Waals surface area contributed by atoms with Crippen LogP contribution in [0.15, 0.2) is 53.6 Å². The molecule has 0 heterocycles. The van der Waals surface area contributed by atoms with Gasteiger partial charge >= 0.3 is 0 Å². The number of rotatable bonds is 3. The molecule has 1 aliphatic carbocycles. The summed E-state index contributed by atoms with van der Waals surface area (Å²) in [5.74, 6) is -0.576. The first kappa shape index (κ1) is 14.9. The van der Waals surface area contributed by atoms with Crippen LogP contribution < -0.4 is 5.43 Å². The number of carbonyl (C=O) groups excluding carboxylic acids is 1. The minimum atomic E-state index is -0.576. The number of hydrogen-bond donors (Lipinski definition) is 1. The van der Waals surface area contributed by atoms with Gasteiger partial charge < -0.3 is 0 Å². The van der Waals surface area contributed by atoms with Crippen molar-refractivity contribution in [3.8, 4) is 0 Å². The highest BCUT2D eigenvalue weighted by Crippen LogP contribution is 2.21. The van der Waals surface area contributed by atoms with Crippen LogP contribution in [-0.4, -0.2) is 16.5 Å². The Kier molecular flexibility index (Phi) is 4.14. The second-order valence-corrected chi connectivity index (χ2v) is 5.28. The molecule has 6 nitrogen and oxygen atoms in total. The number of aryl methyl sites for hydroxylation is 1. The van der Waals surface area contributed by atoms with Gasteiger partial charge in [0.1, 0.15) is 5.56 Å². The van der Waals surface area contributed by atoms with Crippen LogP contribution >= 0.6 is 0 Å². The lowest BCUT2D eigenvalue weighted by Crippen LogP contribution is -2.22. The Bertz CT molecular complexity index is 799. The first-order chi connectivity index (χ1) is 11.2. The van der Waals surface area contributed by atoms with E-state index in [4.69, 9.17) is 0 Å². The number of nitro benzene ring substituents is 1. The third kappa shape index (κ3) is 3.11. The quantitative estimate of drug-likeness (QED) is 0.698. The number of benzene rings is 2. The summed E-state index contributed by atoms with van der Waals surface area (Å²) < 4.78 is 0. The Morgan fingerprint density at radius 2 is 1.83 bits per heavy atom. The fourth-order valence-electron chi connectivity index (χ4n) is 2.72. The van der Waals surface area contributed by atoms with Crippen LogP contribution in [0.3, 0.4) is 0 Å². The smallest absolute Gasteiger partial charge is 0.267 e. The van der Waals surface area contributed by atoms with E-state index in [0.29, 0.717) is 0 Å². The van der Waals surface area contributed by atoms with Crippen LogP contribution in [0.5, 0.6) is 0 Å². The van der Waals surface area contributed by atoms with Crippen LogP contribution in [-0.2, 0) is 6.42 Å². The van der Waals surface area contributed by atoms with Crippen molar-refractivity contribution in [1.29, 1.82) is 0 Å². The standard InChI is InChI=1S/C17H15N3O3/c21-17(14-9-3-4-11-16(14)20(22)23)19-18-15-10-5-7-12-6-1-2-8-13(12)15/h1-4,6,8-9,11H,5,7,10H2,(H,19,21)/b18-15+. The maximum absolute atomic E-state index is 12.2. The summed E-state index contributed by atoms with van der Waals surface area (Å²) in [6, 6.07) is 13.8. The summed E-state index contributed by atoms with van der Waals surface area (Å²) in [7, 11) is 0. The van der Waals surface area contributed by atoms with Gasteiger partial charge in [0, 0.05) is 11.6 Å². The van der Waals surface area contributed by atoms with E-state index in [1.165, 1.54) is 23.8 Å². The topological polar surface area (TPSA) is 84.6 Å². The molecule has 0 aromatic heterocycles. The minimum absolute atomic E-state index is 0.00550. The highest BCUT2D eigenvalue weighted by Gasteiger charge is 2.20. The zero-order chi connectivity index (χ0) is 16.2. The molecule has 23 heavy (non-hydrogen) atoms. The zero-order valence-electron chi connectivity index (χ0n) is 12.4. The van der Waals surface area contributed by atoms with Gasteiger partial charge in [-0.3, -0.25) is 14.9 Å². The Morgan fingerprint density at radius 1 is 1.09 bits per heavy atom. The van der Waals surface area contributed by atoms with Gasteiger partial charge in [-0.15, -0.1) is 0 Å². The van der Waals surface area contributed by atoms with E-state index in [0.717, 1.165) is 30.5 Å². The van der Waals surface area contributed by atoms with Crippen molar-refractivity contribution < 1.29 is 9.72 Å². The molecule has 3 rings (SSSR count). The van der Waals surface area contributed by atoms with Crippen molar-refractivity contribution in [1.82, 2.24) is 5.43 Å². The fourth-order valence-corrected chi connectivity index (χ4v) is 2.72. The molecule has 0 fully saturated rings. The normalized spacial score (nSPS) is 15.0. The summed E-state index contributed by atoms with van der Waals surface area (Å²) in [4.78, 5) is 22.6. The van der Waals surface area contributed by atoms with Crippen molar-refractivity contribution in [2.24, 2.45) is 5.10 Å². The molecule has 0 atom stereocenters. The van der Waals surface area contributed by atoms with Gasteiger partial charge in [0.05, 0.1) is 10.6 Å². The monoisotopic (exact) mass is 309 g/mol. The highest BCUT2D eigenvalue weighted by molar-refractivity contribution is 6.04. The number of fused-ring (bicyclic) bond motifs is 1. The van der Waals surface area contributed by atoms with Crippen LogP contribution in [0.2, 0.25) is 0 Å². The molecule has 1 amide bonds. The third-order valence-corrected chi connectivity index (χ3v) is 3.83. The lowest BCUT2D eigenvalue weighted by molar-refractivity contribution is -0.385. The number of nitro groups is 1. The highest BCUT2D eigenvalue weighted by atomic mass is 16.6. The van der Waals surface area contributed by atoms with Crippen LogP contribution in [0.1, 0.15) is 34.3 Å². The molecule has 0 bridgehead atoms. The van der Waals surface area contributed by atoms with Crippen molar-refractivity contribution in [3.63, 3.8) is 0 Å². The molecule has 1 N–H and O–H groups in total. The lowest BCUT2D eigenvalue weighted by atomic mass is 9.90. The molecule has 0 aliphatic heterocycles. The Balaban J connectivity index is 1.84. The Hall–Kier alpha value is -3.02. The van der Waals surface area contributed by atoms with E-state index in [1.54, 1.807) is 6.07 Å². The number of hydrogen-bond acceptors (Lipinski definition) is 4. The average Bonchev–Trinajstić information content (AvgIpc) is 2.59. The third-order valence-electron chi connectivity index (χ3n) is 3.83. The van der Waals surface area contributed by atoms with E-state index in [9.17, 15) is 14.9 Å². The number of amides is 1. The molecule has 116 valence electrons. The second kappa shape index (κ2) is 6.39. The van der Waals surface area contributed by atoms with Gasteiger partial charge in [-0.1, -0.05) is 36.4 Å². The molecule has 2 aromatic rings. The first-order valence-electron chi connectivity index (χ1n) is 7.35.